The molecule has 72 valence electrons. The summed E-state index contributed by atoms with van der Waals surface area (Å²) in [6.45, 7) is 5.87. The van der Waals surface area contributed by atoms with Gasteiger partial charge in [-0.15, -0.1) is 11.3 Å². The Hall–Kier alpha value is -0.340. The lowest BCUT2D eigenvalue weighted by atomic mass is 10.1. The van der Waals surface area contributed by atoms with E-state index in [4.69, 9.17) is 0 Å². The molecule has 1 atom stereocenters. The second-order valence-electron chi connectivity index (χ2n) is 4.01. The van der Waals surface area contributed by atoms with E-state index in [9.17, 15) is 0 Å². The van der Waals surface area contributed by atoms with Gasteiger partial charge in [-0.3, -0.25) is 4.90 Å². The van der Waals surface area contributed by atoms with Crippen LogP contribution < -0.4 is 0 Å². The van der Waals surface area contributed by atoms with E-state index in [2.05, 4.69) is 36.3 Å². The van der Waals surface area contributed by atoms with Crippen molar-refractivity contribution in [1.29, 1.82) is 0 Å². The van der Waals surface area contributed by atoms with Crippen LogP contribution in [-0.4, -0.2) is 17.5 Å². The summed E-state index contributed by atoms with van der Waals surface area (Å²) < 4.78 is 0. The van der Waals surface area contributed by atoms with E-state index in [1.807, 2.05) is 11.3 Å². The van der Waals surface area contributed by atoms with Crippen molar-refractivity contribution in [2.45, 2.75) is 38.8 Å². The average Bonchev–Trinajstić information content (AvgIpc) is 2.74. The topological polar surface area (TPSA) is 3.24 Å². The van der Waals surface area contributed by atoms with Crippen LogP contribution in [0, 0.1) is 0 Å². The fourth-order valence-electron chi connectivity index (χ4n) is 2.19. The lowest BCUT2D eigenvalue weighted by Crippen LogP contribution is -2.29. The summed E-state index contributed by atoms with van der Waals surface area (Å²) in [5.41, 5.74) is 0. The van der Waals surface area contributed by atoms with Crippen LogP contribution in [0.2, 0.25) is 0 Å². The molecule has 0 spiro atoms. The first-order chi connectivity index (χ1) is 6.29. The first-order valence-corrected chi connectivity index (χ1v) is 5.96. The second kappa shape index (κ2) is 3.81. The number of rotatable bonds is 2. The summed E-state index contributed by atoms with van der Waals surface area (Å²) in [4.78, 5) is 4.16. The highest BCUT2D eigenvalue weighted by molar-refractivity contribution is 7.10. The van der Waals surface area contributed by atoms with Gasteiger partial charge in [0.25, 0.3) is 0 Å². The van der Waals surface area contributed by atoms with Crippen molar-refractivity contribution in [3.63, 3.8) is 0 Å². The molecule has 1 aliphatic heterocycles. The Morgan fingerprint density at radius 2 is 2.38 bits per heavy atom. The zero-order chi connectivity index (χ0) is 9.26. The molecular weight excluding hydrogens is 178 g/mol. The molecule has 0 amide bonds. The Morgan fingerprint density at radius 3 is 3.00 bits per heavy atom. The minimum Gasteiger partial charge on any atom is -0.293 e. The molecule has 0 saturated carbocycles. The third kappa shape index (κ3) is 1.79. The van der Waals surface area contributed by atoms with Crippen molar-refractivity contribution in [2.75, 3.05) is 6.54 Å². The molecule has 0 bridgehead atoms. The summed E-state index contributed by atoms with van der Waals surface area (Å²) in [5, 5.41) is 2.19. The molecule has 1 nitrogen and oxygen atoms in total. The highest BCUT2D eigenvalue weighted by atomic mass is 32.1. The van der Waals surface area contributed by atoms with Crippen molar-refractivity contribution >= 4 is 11.3 Å². The van der Waals surface area contributed by atoms with E-state index >= 15 is 0 Å². The number of hydrogen-bond acceptors (Lipinski definition) is 2. The van der Waals surface area contributed by atoms with E-state index in [0.29, 0.717) is 12.1 Å². The van der Waals surface area contributed by atoms with Crippen molar-refractivity contribution in [3.8, 4) is 0 Å². The maximum atomic E-state index is 2.62. The minimum absolute atomic E-state index is 0.689. The summed E-state index contributed by atoms with van der Waals surface area (Å²) in [5.74, 6) is 0. The van der Waals surface area contributed by atoms with Gasteiger partial charge in [0.2, 0.25) is 0 Å². The molecule has 2 heteroatoms. The predicted octanol–water partition coefficient (Wildman–Crippen LogP) is 3.29. The van der Waals surface area contributed by atoms with Crippen LogP contribution in [0.15, 0.2) is 17.5 Å². The van der Waals surface area contributed by atoms with E-state index in [1.54, 1.807) is 4.88 Å². The first-order valence-electron chi connectivity index (χ1n) is 5.08. The van der Waals surface area contributed by atoms with Gasteiger partial charge < -0.3 is 0 Å². The quantitative estimate of drug-likeness (QED) is 0.700. The maximum absolute atomic E-state index is 2.62. The highest BCUT2D eigenvalue weighted by Gasteiger charge is 2.27. The monoisotopic (exact) mass is 195 g/mol. The lowest BCUT2D eigenvalue weighted by Gasteiger charge is -2.27. The van der Waals surface area contributed by atoms with Crippen molar-refractivity contribution in [3.05, 3.63) is 22.4 Å². The summed E-state index contributed by atoms with van der Waals surface area (Å²) in [6.07, 6.45) is 2.71. The molecule has 0 aliphatic carbocycles. The largest absolute Gasteiger partial charge is 0.293 e. The Balaban J connectivity index is 2.14. The van der Waals surface area contributed by atoms with Crippen LogP contribution in [0.4, 0.5) is 0 Å². The zero-order valence-electron chi connectivity index (χ0n) is 8.36. The van der Waals surface area contributed by atoms with Crippen LogP contribution in [0.25, 0.3) is 0 Å². The van der Waals surface area contributed by atoms with E-state index in [-0.39, 0.29) is 0 Å². The molecule has 2 heterocycles. The summed E-state index contributed by atoms with van der Waals surface area (Å²) in [7, 11) is 0. The normalized spacial score (nSPS) is 24.4. The fourth-order valence-corrected chi connectivity index (χ4v) is 3.08. The number of nitrogens with zero attached hydrogens (tertiary/aromatic N) is 1. The molecule has 1 aliphatic rings. The molecule has 0 radical (unpaired) electrons. The Kier molecular flexibility index (Phi) is 2.70. The molecular formula is C11H17NS. The third-order valence-electron chi connectivity index (χ3n) is 2.83. The average molecular weight is 195 g/mol. The van der Waals surface area contributed by atoms with Gasteiger partial charge in [0.05, 0.1) is 0 Å². The van der Waals surface area contributed by atoms with Gasteiger partial charge in [0, 0.05) is 17.0 Å². The minimum atomic E-state index is 0.689. The maximum Gasteiger partial charge on any atom is 0.0444 e. The number of likely N-dealkylation sites (tertiary alicyclic amines) is 1. The lowest BCUT2D eigenvalue weighted by molar-refractivity contribution is 0.208. The molecule has 0 unspecified atom stereocenters. The standard InChI is InChI=1S/C11H17NS/c1-9(2)12-7-3-5-10(12)11-6-4-8-13-11/h4,6,8-10H,3,5,7H2,1-2H3/t10-/m1/s1. The zero-order valence-corrected chi connectivity index (χ0v) is 9.18. The highest BCUT2D eigenvalue weighted by Crippen LogP contribution is 2.35. The van der Waals surface area contributed by atoms with Crippen molar-refractivity contribution in [1.82, 2.24) is 4.90 Å². The molecule has 1 saturated heterocycles. The van der Waals surface area contributed by atoms with Gasteiger partial charge in [0.15, 0.2) is 0 Å². The van der Waals surface area contributed by atoms with Gasteiger partial charge in [-0.25, -0.2) is 0 Å². The Bertz CT molecular complexity index is 253. The van der Waals surface area contributed by atoms with Crippen LogP contribution in [0.1, 0.15) is 37.6 Å². The predicted molar refractivity (Wildman–Crippen MR) is 58.1 cm³/mol. The third-order valence-corrected chi connectivity index (χ3v) is 3.80. The smallest absolute Gasteiger partial charge is 0.0444 e. The van der Waals surface area contributed by atoms with Crippen molar-refractivity contribution < 1.29 is 0 Å². The molecule has 1 aromatic rings. The molecule has 13 heavy (non-hydrogen) atoms. The fraction of sp³-hybridized carbons (Fsp3) is 0.636. The first kappa shape index (κ1) is 9.22. The van der Waals surface area contributed by atoms with Crippen LogP contribution in [-0.2, 0) is 0 Å². The van der Waals surface area contributed by atoms with Crippen molar-refractivity contribution in [2.24, 2.45) is 0 Å². The number of hydrogen-bond donors (Lipinski definition) is 0. The van der Waals surface area contributed by atoms with Gasteiger partial charge in [-0.05, 0) is 44.7 Å². The molecule has 1 fully saturated rings. The Morgan fingerprint density at radius 1 is 1.54 bits per heavy atom. The second-order valence-corrected chi connectivity index (χ2v) is 4.98. The summed E-state index contributed by atoms with van der Waals surface area (Å²) in [6, 6.07) is 5.84. The van der Waals surface area contributed by atoms with E-state index in [0.717, 1.165) is 0 Å². The molecule has 0 N–H and O–H groups in total. The van der Waals surface area contributed by atoms with Crippen LogP contribution in [0.3, 0.4) is 0 Å². The molecule has 2 rings (SSSR count). The van der Waals surface area contributed by atoms with Gasteiger partial charge in [-0.1, -0.05) is 6.07 Å². The van der Waals surface area contributed by atoms with E-state index in [1.165, 1.54) is 19.4 Å². The molecule has 0 aromatic carbocycles. The van der Waals surface area contributed by atoms with Gasteiger partial charge >= 0.3 is 0 Å². The van der Waals surface area contributed by atoms with Gasteiger partial charge in [-0.2, -0.15) is 0 Å². The summed E-state index contributed by atoms with van der Waals surface area (Å²) >= 11 is 1.90. The molecule has 1 aromatic heterocycles. The Labute approximate surface area is 84.4 Å². The van der Waals surface area contributed by atoms with Crippen LogP contribution in [0.5, 0.6) is 0 Å². The van der Waals surface area contributed by atoms with Crippen LogP contribution >= 0.6 is 11.3 Å². The number of thiophene rings is 1. The van der Waals surface area contributed by atoms with Gasteiger partial charge in [0.1, 0.15) is 0 Å². The SMILES string of the molecule is CC(C)N1CCC[C@@H]1c1cccs1. The van der Waals surface area contributed by atoms with E-state index < -0.39 is 0 Å².